The maximum Gasteiger partial charge on any atom is 0.286 e. The first kappa shape index (κ1) is 20.2. The van der Waals surface area contributed by atoms with E-state index in [-0.39, 0.29) is 0 Å². The average molecular weight is 406 g/mol. The van der Waals surface area contributed by atoms with Crippen LogP contribution in [0.5, 0.6) is 0 Å². The molecule has 2 aromatic carbocycles. The zero-order valence-corrected chi connectivity index (χ0v) is 17.7. The molecule has 1 aliphatic heterocycles. The Bertz CT molecular complexity index is 925. The van der Waals surface area contributed by atoms with E-state index >= 15 is 0 Å². The fraction of sp³-hybridized carbons (Fsp3) is 0.429. The van der Waals surface area contributed by atoms with Crippen LogP contribution in [0.1, 0.15) is 51.2 Å². The number of hydrogen-bond acceptors (Lipinski definition) is 4. The van der Waals surface area contributed by atoms with Gasteiger partial charge >= 0.3 is 0 Å². The summed E-state index contributed by atoms with van der Waals surface area (Å²) < 4.78 is 34.4. The molecule has 4 nitrogen and oxygen atoms in total. The molecule has 0 saturated carbocycles. The SMILES string of the molecule is CCCc1cc(CCC)c2c(c1)N(C(CC)S(=O)(=O)O)c1ccccc1S2. The lowest BCUT2D eigenvalue weighted by Gasteiger charge is -2.38. The smallest absolute Gasteiger partial charge is 0.286 e. The zero-order valence-electron chi connectivity index (χ0n) is 16.1. The van der Waals surface area contributed by atoms with Gasteiger partial charge in [0.05, 0.1) is 11.4 Å². The molecule has 1 heterocycles. The molecule has 1 unspecified atom stereocenters. The van der Waals surface area contributed by atoms with Crippen LogP contribution in [0.3, 0.4) is 0 Å². The van der Waals surface area contributed by atoms with Crippen molar-refractivity contribution < 1.29 is 13.0 Å². The van der Waals surface area contributed by atoms with Crippen LogP contribution >= 0.6 is 11.8 Å². The van der Waals surface area contributed by atoms with E-state index in [0.717, 1.165) is 46.8 Å². The highest BCUT2D eigenvalue weighted by Crippen LogP contribution is 2.51. The molecule has 3 rings (SSSR count). The number of para-hydroxylation sites is 1. The summed E-state index contributed by atoms with van der Waals surface area (Å²) in [5, 5.41) is -0.996. The summed E-state index contributed by atoms with van der Waals surface area (Å²) in [6.45, 7) is 6.10. The van der Waals surface area contributed by atoms with Crippen LogP contribution in [0, 0.1) is 0 Å². The number of benzene rings is 2. The summed E-state index contributed by atoms with van der Waals surface area (Å²) in [6.07, 6.45) is 4.26. The first-order valence-electron chi connectivity index (χ1n) is 9.58. The van der Waals surface area contributed by atoms with Crippen LogP contribution in [0.15, 0.2) is 46.2 Å². The lowest BCUT2D eigenvalue weighted by Crippen LogP contribution is -2.39. The first-order chi connectivity index (χ1) is 12.9. The van der Waals surface area contributed by atoms with Crippen LogP contribution in [-0.2, 0) is 23.0 Å². The van der Waals surface area contributed by atoms with Crippen molar-refractivity contribution in [1.29, 1.82) is 0 Å². The van der Waals surface area contributed by atoms with Gasteiger partial charge in [-0.15, -0.1) is 0 Å². The van der Waals surface area contributed by atoms with Gasteiger partial charge in [0.25, 0.3) is 10.1 Å². The lowest BCUT2D eigenvalue weighted by molar-refractivity contribution is 0.464. The van der Waals surface area contributed by atoms with Crippen LogP contribution in [0.25, 0.3) is 0 Å². The third-order valence-electron chi connectivity index (χ3n) is 4.84. The summed E-state index contributed by atoms with van der Waals surface area (Å²) in [7, 11) is -4.23. The molecule has 0 saturated heterocycles. The Morgan fingerprint density at radius 2 is 1.74 bits per heavy atom. The molecule has 1 N–H and O–H groups in total. The summed E-state index contributed by atoms with van der Waals surface area (Å²) in [5.41, 5.74) is 4.22. The van der Waals surface area contributed by atoms with Crippen molar-refractivity contribution in [1.82, 2.24) is 0 Å². The van der Waals surface area contributed by atoms with E-state index in [4.69, 9.17) is 0 Å². The fourth-order valence-corrected chi connectivity index (χ4v) is 5.85. The van der Waals surface area contributed by atoms with Gasteiger partial charge in [-0.3, -0.25) is 4.55 Å². The van der Waals surface area contributed by atoms with Crippen molar-refractivity contribution in [3.05, 3.63) is 47.5 Å². The average Bonchev–Trinajstić information content (AvgIpc) is 2.62. The van der Waals surface area contributed by atoms with Crippen molar-refractivity contribution >= 4 is 33.3 Å². The Labute approximate surface area is 166 Å². The van der Waals surface area contributed by atoms with Crippen molar-refractivity contribution in [2.75, 3.05) is 4.90 Å². The third-order valence-corrected chi connectivity index (χ3v) is 7.31. The number of hydrogen-bond donors (Lipinski definition) is 1. The zero-order chi connectivity index (χ0) is 19.6. The molecule has 2 aromatic rings. The fourth-order valence-electron chi connectivity index (χ4n) is 3.74. The van der Waals surface area contributed by atoms with Gasteiger partial charge in [0.15, 0.2) is 5.37 Å². The van der Waals surface area contributed by atoms with Gasteiger partial charge in [-0.1, -0.05) is 63.6 Å². The van der Waals surface area contributed by atoms with Crippen molar-refractivity contribution in [2.45, 2.75) is 68.0 Å². The van der Waals surface area contributed by atoms with Crippen LogP contribution in [0.2, 0.25) is 0 Å². The molecule has 6 heteroatoms. The molecule has 1 atom stereocenters. The van der Waals surface area contributed by atoms with Crippen molar-refractivity contribution in [3.8, 4) is 0 Å². The minimum Gasteiger partial charge on any atom is -0.320 e. The van der Waals surface area contributed by atoms with E-state index < -0.39 is 15.5 Å². The van der Waals surface area contributed by atoms with E-state index in [1.807, 2.05) is 29.2 Å². The second-order valence-electron chi connectivity index (χ2n) is 6.92. The Balaban J connectivity index is 2.28. The normalized spacial score (nSPS) is 14.6. The highest BCUT2D eigenvalue weighted by atomic mass is 32.2. The van der Waals surface area contributed by atoms with E-state index in [0.29, 0.717) is 6.42 Å². The highest BCUT2D eigenvalue weighted by Gasteiger charge is 2.36. The molecule has 1 aliphatic rings. The van der Waals surface area contributed by atoms with E-state index in [2.05, 4.69) is 26.0 Å². The van der Waals surface area contributed by atoms with Crippen molar-refractivity contribution in [2.24, 2.45) is 0 Å². The Morgan fingerprint density at radius 3 is 2.37 bits per heavy atom. The monoisotopic (exact) mass is 405 g/mol. The molecular weight excluding hydrogens is 378 g/mol. The summed E-state index contributed by atoms with van der Waals surface area (Å²) in [4.78, 5) is 3.96. The number of anilines is 2. The molecule has 0 aromatic heterocycles. The van der Waals surface area contributed by atoms with Crippen LogP contribution in [-0.4, -0.2) is 18.3 Å². The van der Waals surface area contributed by atoms with Gasteiger partial charge in [-0.2, -0.15) is 8.42 Å². The second-order valence-corrected chi connectivity index (χ2v) is 9.55. The minimum atomic E-state index is -4.23. The van der Waals surface area contributed by atoms with E-state index in [9.17, 15) is 13.0 Å². The van der Waals surface area contributed by atoms with Gasteiger partial charge in [-0.05, 0) is 48.6 Å². The summed E-state index contributed by atoms with van der Waals surface area (Å²) >= 11 is 1.70. The molecular formula is C21H27NO3S2. The Morgan fingerprint density at radius 1 is 1.04 bits per heavy atom. The first-order valence-corrected chi connectivity index (χ1v) is 11.9. The third kappa shape index (κ3) is 4.03. The summed E-state index contributed by atoms with van der Waals surface area (Å²) in [6, 6.07) is 12.2. The van der Waals surface area contributed by atoms with Crippen LogP contribution < -0.4 is 4.90 Å². The molecule has 146 valence electrons. The van der Waals surface area contributed by atoms with Crippen molar-refractivity contribution in [3.63, 3.8) is 0 Å². The largest absolute Gasteiger partial charge is 0.320 e. The van der Waals surface area contributed by atoms with E-state index in [1.54, 1.807) is 18.7 Å². The van der Waals surface area contributed by atoms with Gasteiger partial charge in [0.2, 0.25) is 0 Å². The predicted octanol–water partition coefficient (Wildman–Crippen LogP) is 5.82. The molecule has 27 heavy (non-hydrogen) atoms. The van der Waals surface area contributed by atoms with Crippen LogP contribution in [0.4, 0.5) is 11.4 Å². The Kier molecular flexibility index (Phi) is 6.18. The number of aryl methyl sites for hydroxylation is 2. The quantitative estimate of drug-likeness (QED) is 0.588. The van der Waals surface area contributed by atoms with Gasteiger partial charge < -0.3 is 4.90 Å². The molecule has 0 aliphatic carbocycles. The lowest BCUT2D eigenvalue weighted by atomic mass is 10.0. The predicted molar refractivity (Wildman–Crippen MR) is 113 cm³/mol. The number of nitrogens with zero attached hydrogens (tertiary/aromatic N) is 1. The second kappa shape index (κ2) is 8.25. The highest BCUT2D eigenvalue weighted by molar-refractivity contribution is 7.99. The molecule has 0 fully saturated rings. The minimum absolute atomic E-state index is 0.304. The molecule has 0 amide bonds. The maximum absolute atomic E-state index is 12.2. The number of rotatable bonds is 7. The molecule has 0 spiro atoms. The number of fused-ring (bicyclic) bond motifs is 2. The van der Waals surface area contributed by atoms with Gasteiger partial charge in [-0.25, -0.2) is 0 Å². The van der Waals surface area contributed by atoms with Gasteiger partial charge in [0.1, 0.15) is 0 Å². The van der Waals surface area contributed by atoms with Gasteiger partial charge in [0, 0.05) is 9.79 Å². The maximum atomic E-state index is 12.2. The standard InChI is InChI=1S/C21H27NO3S2/c1-4-9-15-13-16(10-5-2)21-18(14-15)22(20(6-3)27(23,24)25)17-11-7-8-12-19(17)26-21/h7-8,11-14,20H,4-6,9-10H2,1-3H3,(H,23,24,25). The van der Waals surface area contributed by atoms with E-state index in [1.165, 1.54) is 11.1 Å². The topological polar surface area (TPSA) is 57.6 Å². The molecule has 0 radical (unpaired) electrons. The Hall–Kier alpha value is -1.50. The molecule has 0 bridgehead atoms. The summed E-state index contributed by atoms with van der Waals surface area (Å²) in [5.74, 6) is 0.